The van der Waals surface area contributed by atoms with E-state index in [2.05, 4.69) is 24.1 Å². The number of aromatic nitrogens is 1. The van der Waals surface area contributed by atoms with Crippen LogP contribution in [0.15, 0.2) is 36.5 Å². The number of nitrogens with zero attached hydrogens (tertiary/aromatic N) is 1. The van der Waals surface area contributed by atoms with Gasteiger partial charge in [-0.3, -0.25) is 0 Å². The summed E-state index contributed by atoms with van der Waals surface area (Å²) < 4.78 is 18.7. The Labute approximate surface area is 118 Å². The third kappa shape index (κ3) is 4.03. The summed E-state index contributed by atoms with van der Waals surface area (Å²) in [7, 11) is 0. The highest BCUT2D eigenvalue weighted by molar-refractivity contribution is 5.35. The van der Waals surface area contributed by atoms with Crippen molar-refractivity contribution in [3.8, 4) is 11.6 Å². The van der Waals surface area contributed by atoms with E-state index in [1.807, 2.05) is 12.1 Å². The van der Waals surface area contributed by atoms with Crippen LogP contribution < -0.4 is 10.1 Å². The number of halogens is 1. The van der Waals surface area contributed by atoms with Crippen LogP contribution in [-0.4, -0.2) is 11.0 Å². The standard InChI is InChI=1S/C16H19FN2O/c1-11(2)18-9-13-4-7-16(19-10-13)20-15-6-5-14(17)8-12(15)3/h4-8,10-11,18H,9H2,1-3H3. The lowest BCUT2D eigenvalue weighted by Gasteiger charge is -2.10. The van der Waals surface area contributed by atoms with Gasteiger partial charge >= 0.3 is 0 Å². The minimum Gasteiger partial charge on any atom is -0.439 e. The van der Waals surface area contributed by atoms with Crippen molar-refractivity contribution in [3.05, 3.63) is 53.5 Å². The van der Waals surface area contributed by atoms with Crippen LogP contribution in [0.25, 0.3) is 0 Å². The molecule has 0 atom stereocenters. The van der Waals surface area contributed by atoms with Crippen molar-refractivity contribution >= 4 is 0 Å². The summed E-state index contributed by atoms with van der Waals surface area (Å²) in [6, 6.07) is 8.66. The topological polar surface area (TPSA) is 34.1 Å². The average Bonchev–Trinajstić information content (AvgIpc) is 2.41. The van der Waals surface area contributed by atoms with Crippen molar-refractivity contribution in [1.82, 2.24) is 10.3 Å². The summed E-state index contributed by atoms with van der Waals surface area (Å²) in [6.07, 6.45) is 1.78. The van der Waals surface area contributed by atoms with Crippen molar-refractivity contribution in [3.63, 3.8) is 0 Å². The molecule has 1 heterocycles. The van der Waals surface area contributed by atoms with E-state index in [-0.39, 0.29) is 5.82 Å². The fourth-order valence-corrected chi connectivity index (χ4v) is 1.74. The summed E-state index contributed by atoms with van der Waals surface area (Å²) in [4.78, 5) is 4.26. The molecular weight excluding hydrogens is 255 g/mol. The Balaban J connectivity index is 2.03. The Kier molecular flexibility index (Phi) is 4.69. The Hall–Kier alpha value is -1.94. The quantitative estimate of drug-likeness (QED) is 0.900. The molecule has 0 fully saturated rings. The molecule has 20 heavy (non-hydrogen) atoms. The van der Waals surface area contributed by atoms with Crippen LogP contribution in [0, 0.1) is 12.7 Å². The van der Waals surface area contributed by atoms with Crippen molar-refractivity contribution in [2.75, 3.05) is 0 Å². The van der Waals surface area contributed by atoms with Crippen LogP contribution in [0.3, 0.4) is 0 Å². The molecule has 0 bridgehead atoms. The summed E-state index contributed by atoms with van der Waals surface area (Å²) in [5.74, 6) is 0.859. The van der Waals surface area contributed by atoms with Crippen LogP contribution in [0.5, 0.6) is 11.6 Å². The Bertz CT molecular complexity index is 567. The van der Waals surface area contributed by atoms with Gasteiger partial charge in [0.05, 0.1) is 0 Å². The highest BCUT2D eigenvalue weighted by atomic mass is 19.1. The monoisotopic (exact) mass is 274 g/mol. The van der Waals surface area contributed by atoms with Gasteiger partial charge in [-0.25, -0.2) is 9.37 Å². The van der Waals surface area contributed by atoms with Gasteiger partial charge in [-0.2, -0.15) is 0 Å². The zero-order valence-electron chi connectivity index (χ0n) is 12.0. The van der Waals surface area contributed by atoms with Gasteiger partial charge in [0.1, 0.15) is 11.6 Å². The highest BCUT2D eigenvalue weighted by Crippen LogP contribution is 2.24. The van der Waals surface area contributed by atoms with Crippen LogP contribution in [0.4, 0.5) is 4.39 Å². The number of rotatable bonds is 5. The molecule has 0 saturated carbocycles. The van der Waals surface area contributed by atoms with E-state index in [1.165, 1.54) is 12.1 Å². The predicted molar refractivity (Wildman–Crippen MR) is 77.4 cm³/mol. The van der Waals surface area contributed by atoms with E-state index in [1.54, 1.807) is 19.2 Å². The maximum absolute atomic E-state index is 13.0. The number of hydrogen-bond donors (Lipinski definition) is 1. The molecule has 3 nitrogen and oxygen atoms in total. The van der Waals surface area contributed by atoms with Gasteiger partial charge in [-0.05, 0) is 36.2 Å². The molecule has 0 aliphatic rings. The fourth-order valence-electron chi connectivity index (χ4n) is 1.74. The van der Waals surface area contributed by atoms with Gasteiger partial charge in [-0.1, -0.05) is 19.9 Å². The van der Waals surface area contributed by atoms with Crippen LogP contribution in [0.2, 0.25) is 0 Å². The van der Waals surface area contributed by atoms with Gasteiger partial charge in [0.15, 0.2) is 0 Å². The second kappa shape index (κ2) is 6.48. The lowest BCUT2D eigenvalue weighted by Crippen LogP contribution is -2.21. The molecule has 0 radical (unpaired) electrons. The molecule has 2 rings (SSSR count). The van der Waals surface area contributed by atoms with Gasteiger partial charge < -0.3 is 10.1 Å². The first-order chi connectivity index (χ1) is 9.54. The van der Waals surface area contributed by atoms with E-state index in [0.717, 1.165) is 17.7 Å². The maximum atomic E-state index is 13.0. The molecular formula is C16H19FN2O. The first-order valence-electron chi connectivity index (χ1n) is 6.67. The second-order valence-electron chi connectivity index (χ2n) is 5.05. The number of benzene rings is 1. The zero-order valence-corrected chi connectivity index (χ0v) is 12.0. The molecule has 1 N–H and O–H groups in total. The summed E-state index contributed by atoms with van der Waals surface area (Å²) in [5, 5.41) is 3.32. The smallest absolute Gasteiger partial charge is 0.219 e. The van der Waals surface area contributed by atoms with Gasteiger partial charge in [0.2, 0.25) is 5.88 Å². The van der Waals surface area contributed by atoms with Crippen molar-refractivity contribution < 1.29 is 9.13 Å². The van der Waals surface area contributed by atoms with E-state index >= 15 is 0 Å². The SMILES string of the molecule is Cc1cc(F)ccc1Oc1ccc(CNC(C)C)cn1. The number of nitrogens with one attached hydrogen (secondary N) is 1. The first-order valence-corrected chi connectivity index (χ1v) is 6.67. The molecule has 2 aromatic rings. The summed E-state index contributed by atoms with van der Waals surface area (Å²) in [6.45, 7) is 6.78. The van der Waals surface area contributed by atoms with Crippen molar-refractivity contribution in [2.24, 2.45) is 0 Å². The van der Waals surface area contributed by atoms with Gasteiger partial charge in [-0.15, -0.1) is 0 Å². The molecule has 0 spiro atoms. The molecule has 0 unspecified atom stereocenters. The largest absolute Gasteiger partial charge is 0.439 e. The highest BCUT2D eigenvalue weighted by Gasteiger charge is 2.04. The lowest BCUT2D eigenvalue weighted by atomic mass is 10.2. The fraction of sp³-hybridized carbons (Fsp3) is 0.312. The van der Waals surface area contributed by atoms with Gasteiger partial charge in [0.25, 0.3) is 0 Å². The van der Waals surface area contributed by atoms with Crippen LogP contribution >= 0.6 is 0 Å². The molecule has 0 aliphatic carbocycles. The summed E-state index contributed by atoms with van der Waals surface area (Å²) in [5.41, 5.74) is 1.85. The lowest BCUT2D eigenvalue weighted by molar-refractivity contribution is 0.456. The summed E-state index contributed by atoms with van der Waals surface area (Å²) >= 11 is 0. The molecule has 106 valence electrons. The van der Waals surface area contributed by atoms with E-state index in [9.17, 15) is 4.39 Å². The second-order valence-corrected chi connectivity index (χ2v) is 5.05. The normalized spacial score (nSPS) is 10.8. The van der Waals surface area contributed by atoms with Crippen molar-refractivity contribution in [2.45, 2.75) is 33.4 Å². The molecule has 0 saturated heterocycles. The molecule has 4 heteroatoms. The van der Waals surface area contributed by atoms with Crippen LogP contribution in [0.1, 0.15) is 25.0 Å². The van der Waals surface area contributed by atoms with E-state index < -0.39 is 0 Å². The van der Waals surface area contributed by atoms with Crippen LogP contribution in [-0.2, 0) is 6.54 Å². The minimum atomic E-state index is -0.266. The zero-order chi connectivity index (χ0) is 14.5. The molecule has 1 aromatic heterocycles. The number of hydrogen-bond acceptors (Lipinski definition) is 3. The number of ether oxygens (including phenoxy) is 1. The Morgan fingerprint density at radius 3 is 2.65 bits per heavy atom. The van der Waals surface area contributed by atoms with E-state index in [4.69, 9.17) is 4.74 Å². The molecule has 0 amide bonds. The average molecular weight is 274 g/mol. The van der Waals surface area contributed by atoms with Crippen molar-refractivity contribution in [1.29, 1.82) is 0 Å². The molecule has 0 aliphatic heterocycles. The maximum Gasteiger partial charge on any atom is 0.219 e. The Morgan fingerprint density at radius 1 is 1.25 bits per heavy atom. The van der Waals surface area contributed by atoms with Gasteiger partial charge in [0, 0.05) is 24.8 Å². The van der Waals surface area contributed by atoms with E-state index in [0.29, 0.717) is 17.7 Å². The first kappa shape index (κ1) is 14.5. The molecule has 1 aromatic carbocycles. The Morgan fingerprint density at radius 2 is 2.05 bits per heavy atom. The third-order valence-corrected chi connectivity index (χ3v) is 2.86. The number of aryl methyl sites for hydroxylation is 1. The minimum absolute atomic E-state index is 0.266. The third-order valence-electron chi connectivity index (χ3n) is 2.86. The predicted octanol–water partition coefficient (Wildman–Crippen LogP) is 3.82. The number of pyridine rings is 1.